The van der Waals surface area contributed by atoms with Gasteiger partial charge in [0.1, 0.15) is 0 Å². The highest BCUT2D eigenvalue weighted by Crippen LogP contribution is 2.40. The lowest BCUT2D eigenvalue weighted by Crippen LogP contribution is -2.44. The smallest absolute Gasteiger partial charge is 0.243 e. The summed E-state index contributed by atoms with van der Waals surface area (Å²) in [5.74, 6) is 0. The predicted molar refractivity (Wildman–Crippen MR) is 112 cm³/mol. The van der Waals surface area contributed by atoms with Crippen molar-refractivity contribution >= 4 is 18.3 Å². The monoisotopic (exact) mass is 413 g/mol. The summed E-state index contributed by atoms with van der Waals surface area (Å²) in [5.41, 5.74) is 1.03. The largest absolute Gasteiger partial charge is 0.413 e. The van der Waals surface area contributed by atoms with E-state index in [1.54, 1.807) is 16.4 Å². The second-order valence-electron chi connectivity index (χ2n) is 9.14. The molecule has 0 bridgehead atoms. The summed E-state index contributed by atoms with van der Waals surface area (Å²) in [5, 5.41) is 9.31. The number of nitrogens with zero attached hydrogens (tertiary/aromatic N) is 1. The standard InChI is InChI=1S/C20H35NO4SSi/c1-16-9-11-19(12-10-16)26(23,24)21-15-18(14-17(21)8-7-13-22)25-27(5,6)20(2,3)4/h9-12,17-18,22H,7-8,13-15H2,1-6H3/t17-,18-/m1/s1. The van der Waals surface area contributed by atoms with Crippen molar-refractivity contribution in [2.75, 3.05) is 13.2 Å². The number of rotatable bonds is 7. The van der Waals surface area contributed by atoms with Crippen molar-refractivity contribution in [3.05, 3.63) is 29.8 Å². The highest BCUT2D eigenvalue weighted by molar-refractivity contribution is 7.89. The Labute approximate surface area is 165 Å². The molecular weight excluding hydrogens is 378 g/mol. The van der Waals surface area contributed by atoms with Crippen LogP contribution in [0, 0.1) is 6.92 Å². The van der Waals surface area contributed by atoms with Crippen LogP contribution in [0.3, 0.4) is 0 Å². The summed E-state index contributed by atoms with van der Waals surface area (Å²) in [4.78, 5) is 0.329. The molecule has 0 saturated carbocycles. The molecule has 0 unspecified atom stereocenters. The number of benzene rings is 1. The molecule has 0 aromatic heterocycles. The van der Waals surface area contributed by atoms with E-state index in [0.29, 0.717) is 30.7 Å². The van der Waals surface area contributed by atoms with Gasteiger partial charge in [0.2, 0.25) is 10.0 Å². The summed E-state index contributed by atoms with van der Waals surface area (Å²) >= 11 is 0. The number of hydrogen-bond donors (Lipinski definition) is 1. The number of hydrogen-bond acceptors (Lipinski definition) is 4. The van der Waals surface area contributed by atoms with Crippen LogP contribution < -0.4 is 0 Å². The van der Waals surface area contributed by atoms with Gasteiger partial charge in [-0.2, -0.15) is 4.31 Å². The molecule has 1 aliphatic rings. The fourth-order valence-electron chi connectivity index (χ4n) is 3.25. The fourth-order valence-corrected chi connectivity index (χ4v) is 6.31. The van der Waals surface area contributed by atoms with Gasteiger partial charge in [0.15, 0.2) is 8.32 Å². The molecular formula is C20H35NO4SSi. The Morgan fingerprint density at radius 1 is 1.22 bits per heavy atom. The van der Waals surface area contributed by atoms with Crippen LogP contribution in [-0.2, 0) is 14.4 Å². The molecule has 5 nitrogen and oxygen atoms in total. The zero-order valence-electron chi connectivity index (χ0n) is 17.5. The molecule has 1 fully saturated rings. The number of aryl methyl sites for hydroxylation is 1. The van der Waals surface area contributed by atoms with E-state index in [1.165, 1.54) is 0 Å². The summed E-state index contributed by atoms with van der Waals surface area (Å²) in [7, 11) is -5.55. The van der Waals surface area contributed by atoms with E-state index in [2.05, 4.69) is 33.9 Å². The minimum atomic E-state index is -3.57. The van der Waals surface area contributed by atoms with Gasteiger partial charge in [-0.05, 0) is 56.5 Å². The molecule has 0 amide bonds. The third-order valence-electron chi connectivity index (χ3n) is 5.92. The Hall–Kier alpha value is -0.733. The van der Waals surface area contributed by atoms with Gasteiger partial charge in [-0.15, -0.1) is 0 Å². The lowest BCUT2D eigenvalue weighted by Gasteiger charge is -2.38. The van der Waals surface area contributed by atoms with E-state index < -0.39 is 18.3 Å². The van der Waals surface area contributed by atoms with Gasteiger partial charge in [0.25, 0.3) is 0 Å². The van der Waals surface area contributed by atoms with Gasteiger partial charge in [-0.25, -0.2) is 8.42 Å². The van der Waals surface area contributed by atoms with E-state index in [0.717, 1.165) is 5.56 Å². The lowest BCUT2D eigenvalue weighted by molar-refractivity contribution is 0.192. The maximum absolute atomic E-state index is 13.2. The molecule has 1 aromatic carbocycles. The maximum atomic E-state index is 13.2. The zero-order chi connectivity index (χ0) is 20.5. The Balaban J connectivity index is 2.26. The summed E-state index contributed by atoms with van der Waals surface area (Å²) in [6.45, 7) is 13.4. The Morgan fingerprint density at radius 3 is 2.33 bits per heavy atom. The third kappa shape index (κ3) is 5.20. The molecule has 2 rings (SSSR count). The van der Waals surface area contributed by atoms with Crippen molar-refractivity contribution in [3.63, 3.8) is 0 Å². The SMILES string of the molecule is Cc1ccc(S(=O)(=O)N2C[C@H](O[Si](C)(C)C(C)(C)C)C[C@H]2CCCO)cc1. The number of sulfonamides is 1. The molecule has 0 radical (unpaired) electrons. The van der Waals surface area contributed by atoms with Crippen LogP contribution >= 0.6 is 0 Å². The molecule has 1 saturated heterocycles. The normalized spacial score (nSPS) is 22.3. The maximum Gasteiger partial charge on any atom is 0.243 e. The van der Waals surface area contributed by atoms with Crippen molar-refractivity contribution in [1.82, 2.24) is 4.31 Å². The zero-order valence-corrected chi connectivity index (χ0v) is 19.3. The molecule has 0 aliphatic carbocycles. The average Bonchev–Trinajstić information content (AvgIpc) is 2.95. The van der Waals surface area contributed by atoms with Gasteiger partial charge in [0.05, 0.1) is 11.0 Å². The van der Waals surface area contributed by atoms with Crippen LogP contribution in [0.4, 0.5) is 0 Å². The highest BCUT2D eigenvalue weighted by atomic mass is 32.2. The summed E-state index contributed by atoms with van der Waals surface area (Å²) in [6.07, 6.45) is 1.85. The minimum absolute atomic E-state index is 0.0721. The van der Waals surface area contributed by atoms with Crippen LogP contribution in [0.2, 0.25) is 18.1 Å². The lowest BCUT2D eigenvalue weighted by atomic mass is 10.1. The van der Waals surface area contributed by atoms with Crippen molar-refractivity contribution in [2.24, 2.45) is 0 Å². The third-order valence-corrected chi connectivity index (χ3v) is 12.4. The van der Waals surface area contributed by atoms with E-state index in [9.17, 15) is 13.5 Å². The molecule has 1 N–H and O–H groups in total. The molecule has 1 aromatic rings. The van der Waals surface area contributed by atoms with Gasteiger partial charge in [-0.1, -0.05) is 38.5 Å². The Bertz CT molecular complexity index is 725. The molecule has 27 heavy (non-hydrogen) atoms. The van der Waals surface area contributed by atoms with Crippen molar-refractivity contribution in [3.8, 4) is 0 Å². The first-order chi connectivity index (χ1) is 12.4. The molecule has 154 valence electrons. The van der Waals surface area contributed by atoms with Crippen LogP contribution in [0.25, 0.3) is 0 Å². The number of aliphatic hydroxyl groups excluding tert-OH is 1. The minimum Gasteiger partial charge on any atom is -0.413 e. The molecule has 2 atom stereocenters. The number of aliphatic hydroxyl groups is 1. The predicted octanol–water partition coefficient (Wildman–Crippen LogP) is 3.92. The van der Waals surface area contributed by atoms with Crippen molar-refractivity contribution in [1.29, 1.82) is 0 Å². The molecule has 1 heterocycles. The quantitative estimate of drug-likeness (QED) is 0.688. The van der Waals surface area contributed by atoms with Gasteiger partial charge < -0.3 is 9.53 Å². The Kier molecular flexibility index (Phi) is 6.96. The summed E-state index contributed by atoms with van der Waals surface area (Å²) in [6, 6.07) is 6.88. The van der Waals surface area contributed by atoms with Crippen LogP contribution in [0.15, 0.2) is 29.2 Å². The molecule has 7 heteroatoms. The topological polar surface area (TPSA) is 66.8 Å². The summed E-state index contributed by atoms with van der Waals surface area (Å²) < 4.78 is 34.6. The van der Waals surface area contributed by atoms with E-state index in [-0.39, 0.29) is 23.8 Å². The Morgan fingerprint density at radius 2 is 1.81 bits per heavy atom. The van der Waals surface area contributed by atoms with E-state index >= 15 is 0 Å². The van der Waals surface area contributed by atoms with Gasteiger partial charge in [0, 0.05) is 19.2 Å². The second kappa shape index (κ2) is 8.33. The highest BCUT2D eigenvalue weighted by Gasteiger charge is 2.45. The molecule has 0 spiro atoms. The first-order valence-electron chi connectivity index (χ1n) is 9.75. The van der Waals surface area contributed by atoms with Crippen LogP contribution in [0.5, 0.6) is 0 Å². The second-order valence-corrected chi connectivity index (χ2v) is 15.8. The van der Waals surface area contributed by atoms with Crippen LogP contribution in [-0.4, -0.2) is 51.4 Å². The fraction of sp³-hybridized carbons (Fsp3) is 0.700. The van der Waals surface area contributed by atoms with Gasteiger partial charge in [-0.3, -0.25) is 0 Å². The first kappa shape index (κ1) is 22.6. The van der Waals surface area contributed by atoms with Gasteiger partial charge >= 0.3 is 0 Å². The van der Waals surface area contributed by atoms with Crippen LogP contribution in [0.1, 0.15) is 45.6 Å². The average molecular weight is 414 g/mol. The van der Waals surface area contributed by atoms with E-state index in [4.69, 9.17) is 4.43 Å². The van der Waals surface area contributed by atoms with E-state index in [1.807, 2.05) is 19.1 Å². The van der Waals surface area contributed by atoms with Crippen molar-refractivity contribution < 1.29 is 18.0 Å². The first-order valence-corrected chi connectivity index (χ1v) is 14.1. The molecule has 1 aliphatic heterocycles. The van der Waals surface area contributed by atoms with Crippen molar-refractivity contribution in [2.45, 2.75) is 82.1 Å².